The molecule has 52 heavy (non-hydrogen) atoms. The predicted molar refractivity (Wildman–Crippen MR) is 197 cm³/mol. The molecule has 6 aromatic rings. The first kappa shape index (κ1) is 34.6. The van der Waals surface area contributed by atoms with Crippen molar-refractivity contribution >= 4 is 21.8 Å². The van der Waals surface area contributed by atoms with Gasteiger partial charge >= 0.3 is 12.4 Å². The van der Waals surface area contributed by atoms with Crippen molar-refractivity contribution in [3.8, 4) is 22.5 Å². The van der Waals surface area contributed by atoms with E-state index >= 15 is 13.2 Å². The van der Waals surface area contributed by atoms with Gasteiger partial charge in [0.05, 0.1) is 24.2 Å². The molecule has 0 aliphatic heterocycles. The number of alkyl halides is 6. The highest BCUT2D eigenvalue weighted by molar-refractivity contribution is 5.94. The fourth-order valence-corrected chi connectivity index (χ4v) is 8.75. The van der Waals surface area contributed by atoms with Gasteiger partial charge < -0.3 is 9.55 Å². The van der Waals surface area contributed by atoms with Crippen LogP contribution in [0.25, 0.3) is 44.3 Å². The van der Waals surface area contributed by atoms with Crippen molar-refractivity contribution in [2.75, 3.05) is 0 Å². The first-order valence-corrected chi connectivity index (χ1v) is 18.4. The van der Waals surface area contributed by atoms with Crippen molar-refractivity contribution in [1.82, 2.24) is 9.55 Å². The summed E-state index contributed by atoms with van der Waals surface area (Å²) in [7, 11) is 0. The van der Waals surface area contributed by atoms with Crippen LogP contribution in [0.1, 0.15) is 85.1 Å². The van der Waals surface area contributed by atoms with Crippen LogP contribution in [-0.4, -0.2) is 21.9 Å². The molecule has 0 saturated heterocycles. The van der Waals surface area contributed by atoms with Crippen LogP contribution in [0.4, 0.5) is 26.3 Å². The highest BCUT2D eigenvalue weighted by Crippen LogP contribution is 2.58. The van der Waals surface area contributed by atoms with E-state index in [2.05, 4.69) is 9.55 Å². The summed E-state index contributed by atoms with van der Waals surface area (Å²) in [6.07, 6.45) is -7.30. The molecule has 8 heteroatoms. The largest absolute Gasteiger partial charge is 0.389 e. The summed E-state index contributed by atoms with van der Waals surface area (Å²) in [5, 5.41) is 1.44. The lowest BCUT2D eigenvalue weighted by Gasteiger charge is -2.33. The zero-order valence-electron chi connectivity index (χ0n) is 29.3. The average Bonchev–Trinajstić information content (AvgIpc) is 4.03. The molecule has 3 atom stereocenters. The van der Waals surface area contributed by atoms with Crippen LogP contribution < -0.4 is 0 Å². The molecule has 2 aliphatic carbocycles. The molecule has 2 heterocycles. The number of fused-ring (bicyclic) bond motifs is 2. The first-order valence-electron chi connectivity index (χ1n) is 18.4. The molecular weight excluding hydrogens is 670 g/mol. The molecule has 1 unspecified atom stereocenters. The van der Waals surface area contributed by atoms with Crippen LogP contribution in [0, 0.1) is 25.7 Å². The molecule has 8 rings (SSSR count). The smallest absolute Gasteiger partial charge is 0.354 e. The fourth-order valence-electron chi connectivity index (χ4n) is 8.75. The first-order chi connectivity index (χ1) is 24.8. The van der Waals surface area contributed by atoms with Crippen molar-refractivity contribution in [3.63, 3.8) is 0 Å². The summed E-state index contributed by atoms with van der Waals surface area (Å²) in [6.45, 7) is 3.90. The van der Waals surface area contributed by atoms with Crippen molar-refractivity contribution < 1.29 is 26.3 Å². The van der Waals surface area contributed by atoms with Gasteiger partial charge in [-0.2, -0.15) is 26.3 Å². The minimum absolute atomic E-state index is 0.0951. The maximum Gasteiger partial charge on any atom is 0.389 e. The highest BCUT2D eigenvalue weighted by atomic mass is 19.4. The molecule has 2 aliphatic rings. The molecule has 0 bridgehead atoms. The molecule has 2 saturated carbocycles. The van der Waals surface area contributed by atoms with Gasteiger partial charge in [0.15, 0.2) is 0 Å². The lowest BCUT2D eigenvalue weighted by molar-refractivity contribution is -0.142. The summed E-state index contributed by atoms with van der Waals surface area (Å²) in [6, 6.07) is 29.8. The molecule has 2 nitrogen and oxygen atoms in total. The van der Waals surface area contributed by atoms with Crippen molar-refractivity contribution in [2.24, 2.45) is 11.8 Å². The second-order valence-electron chi connectivity index (χ2n) is 15.3. The minimum Gasteiger partial charge on any atom is -0.354 e. The number of hydrogen-bond acceptors (Lipinski definition) is 0. The Kier molecular flexibility index (Phi) is 8.78. The number of halogens is 6. The number of aryl methyl sites for hydroxylation is 2. The van der Waals surface area contributed by atoms with E-state index in [9.17, 15) is 13.2 Å². The summed E-state index contributed by atoms with van der Waals surface area (Å²) in [5.74, 6) is -1.75. The lowest BCUT2D eigenvalue weighted by Crippen LogP contribution is -2.26. The van der Waals surface area contributed by atoms with Gasteiger partial charge in [-0.15, -0.1) is 0 Å². The average molecular weight is 713 g/mol. The maximum atomic E-state index is 15.2. The summed E-state index contributed by atoms with van der Waals surface area (Å²) in [5.41, 5.74) is 7.37. The number of aromatic amines is 1. The summed E-state index contributed by atoms with van der Waals surface area (Å²) >= 11 is 0. The van der Waals surface area contributed by atoms with Crippen LogP contribution in [0.2, 0.25) is 0 Å². The van der Waals surface area contributed by atoms with Gasteiger partial charge in [-0.25, -0.2) is 0 Å². The quantitative estimate of drug-likeness (QED) is 0.129. The lowest BCUT2D eigenvalue weighted by atomic mass is 9.82. The van der Waals surface area contributed by atoms with Gasteiger partial charge in [0.25, 0.3) is 0 Å². The van der Waals surface area contributed by atoms with Crippen LogP contribution in [0.3, 0.4) is 0 Å². The Morgan fingerprint density at radius 2 is 1.27 bits per heavy atom. The van der Waals surface area contributed by atoms with E-state index in [0.717, 1.165) is 58.8 Å². The van der Waals surface area contributed by atoms with E-state index in [0.29, 0.717) is 39.8 Å². The van der Waals surface area contributed by atoms with E-state index in [1.807, 2.05) is 111 Å². The maximum absolute atomic E-state index is 15.2. The molecule has 0 radical (unpaired) electrons. The molecular formula is C44H42F6N2. The van der Waals surface area contributed by atoms with Gasteiger partial charge in [-0.05, 0) is 96.4 Å². The normalized spacial score (nSPS) is 17.2. The Balaban J connectivity index is 1.46. The van der Waals surface area contributed by atoms with Crippen molar-refractivity contribution in [2.45, 2.75) is 89.0 Å². The molecule has 1 N–H and O–H groups in total. The third kappa shape index (κ3) is 7.01. The Morgan fingerprint density at radius 3 is 1.87 bits per heavy atom. The standard InChI is InChI=1S/C44H42F6N2/c1-26-13-19-33-36(21-26)51-40(29-9-5-3-6-10-29)39(33)35(25-44(48,49)50)41(31-17-18-31)52-37-22-27(2)14-20-34(37)38(42(52)30-11-7-4-8-12-30)32(23-28-15-16-28)24-43(45,46)47/h3-14,19-22,28,31-32,35,41,51H,15-18,23-25H2,1-2H3/t32-,35+,41?/m0/s1. The minimum atomic E-state index is -4.51. The SMILES string of the molecule is Cc1ccc2c([C@@H](CC(F)(F)F)C(C3CC3)n3c(-c4ccccc4)c([C@@H](CC4CC4)CC(F)(F)F)c4ccc(C)cc43)c(-c3ccccc3)[nH]c2c1. The van der Waals surface area contributed by atoms with Gasteiger partial charge in [0.1, 0.15) is 0 Å². The van der Waals surface area contributed by atoms with Crippen molar-refractivity contribution in [3.05, 3.63) is 119 Å². The summed E-state index contributed by atoms with van der Waals surface area (Å²) < 4.78 is 91.1. The number of nitrogens with zero attached hydrogens (tertiary/aromatic N) is 1. The summed E-state index contributed by atoms with van der Waals surface area (Å²) in [4.78, 5) is 3.52. The number of nitrogens with one attached hydrogen (secondary N) is 1. The third-order valence-electron chi connectivity index (χ3n) is 11.1. The van der Waals surface area contributed by atoms with Crippen LogP contribution in [0.15, 0.2) is 97.1 Å². The highest BCUT2D eigenvalue weighted by Gasteiger charge is 2.48. The number of aromatic nitrogens is 2. The Labute approximate surface area is 299 Å². The zero-order valence-corrected chi connectivity index (χ0v) is 29.3. The van der Waals surface area contributed by atoms with E-state index in [1.165, 1.54) is 0 Å². The van der Waals surface area contributed by atoms with Crippen LogP contribution in [-0.2, 0) is 0 Å². The Morgan fingerprint density at radius 1 is 0.673 bits per heavy atom. The molecule has 0 amide bonds. The van der Waals surface area contributed by atoms with Crippen LogP contribution in [0.5, 0.6) is 0 Å². The molecule has 0 spiro atoms. The van der Waals surface area contributed by atoms with Gasteiger partial charge in [0.2, 0.25) is 0 Å². The van der Waals surface area contributed by atoms with Crippen LogP contribution >= 0.6 is 0 Å². The third-order valence-corrected chi connectivity index (χ3v) is 11.1. The predicted octanol–water partition coefficient (Wildman–Crippen LogP) is 13.6. The second-order valence-corrected chi connectivity index (χ2v) is 15.3. The number of hydrogen-bond donors (Lipinski definition) is 1. The fraction of sp³-hybridized carbons (Fsp3) is 0.364. The topological polar surface area (TPSA) is 20.7 Å². The van der Waals surface area contributed by atoms with Gasteiger partial charge in [0, 0.05) is 33.8 Å². The second kappa shape index (κ2) is 13.2. The number of rotatable bonds is 11. The van der Waals surface area contributed by atoms with Crippen molar-refractivity contribution in [1.29, 1.82) is 0 Å². The number of H-pyrrole nitrogens is 1. The van der Waals surface area contributed by atoms with E-state index in [-0.39, 0.29) is 11.8 Å². The number of benzene rings is 4. The monoisotopic (exact) mass is 712 g/mol. The van der Waals surface area contributed by atoms with E-state index in [1.54, 1.807) is 0 Å². The molecule has 270 valence electrons. The zero-order chi connectivity index (χ0) is 36.4. The Hall–Kier alpha value is -4.46. The molecule has 4 aromatic carbocycles. The molecule has 2 fully saturated rings. The molecule has 2 aromatic heterocycles. The van der Waals surface area contributed by atoms with E-state index in [4.69, 9.17) is 0 Å². The van der Waals surface area contributed by atoms with E-state index < -0.39 is 43.1 Å². The Bertz CT molecular complexity index is 2200. The van der Waals surface area contributed by atoms with Gasteiger partial charge in [-0.1, -0.05) is 97.8 Å². The van der Waals surface area contributed by atoms with Gasteiger partial charge in [-0.3, -0.25) is 0 Å².